The molecule has 19 heavy (non-hydrogen) atoms. The van der Waals surface area contributed by atoms with Crippen molar-refractivity contribution in [3.8, 4) is 10.4 Å². The molecule has 1 aromatic carbocycles. The zero-order valence-electron chi connectivity index (χ0n) is 10.3. The summed E-state index contributed by atoms with van der Waals surface area (Å²) in [5.74, 6) is -2.72. The average Bonchev–Trinajstić information content (AvgIpc) is 2.92. The van der Waals surface area contributed by atoms with Crippen LogP contribution in [-0.2, 0) is 9.59 Å². The number of hydrogen-bond acceptors (Lipinski definition) is 3. The fourth-order valence-corrected chi connectivity index (χ4v) is 2.36. The molecule has 0 spiro atoms. The fourth-order valence-electron chi connectivity index (χ4n) is 1.59. The number of carbonyl (C=O) groups excluding carboxylic acids is 1. The number of thiophene rings is 1. The number of para-hydroxylation sites is 1. The van der Waals surface area contributed by atoms with Crippen molar-refractivity contribution in [3.63, 3.8) is 0 Å². The molecule has 0 saturated carbocycles. The predicted octanol–water partition coefficient (Wildman–Crippen LogP) is 3.07. The van der Waals surface area contributed by atoms with Crippen molar-refractivity contribution in [2.45, 2.75) is 6.92 Å². The van der Waals surface area contributed by atoms with Gasteiger partial charge in [0.25, 0.3) is 0 Å². The van der Waals surface area contributed by atoms with Crippen LogP contribution in [0.1, 0.15) is 6.92 Å². The Hall–Kier alpha value is -2.14. The van der Waals surface area contributed by atoms with Gasteiger partial charge in [-0.15, -0.1) is 11.3 Å². The second kappa shape index (κ2) is 5.67. The molecule has 0 saturated heterocycles. The molecule has 0 aliphatic heterocycles. The van der Waals surface area contributed by atoms with Crippen LogP contribution < -0.4 is 5.32 Å². The van der Waals surface area contributed by atoms with Crippen LogP contribution in [0.15, 0.2) is 41.8 Å². The van der Waals surface area contributed by atoms with E-state index in [9.17, 15) is 9.59 Å². The Kier molecular flexibility index (Phi) is 3.97. The molecular weight excluding hydrogens is 262 g/mol. The number of carboxylic acid groups (broad SMARTS) is 1. The Labute approximate surface area is 114 Å². The summed E-state index contributed by atoms with van der Waals surface area (Å²) in [6, 6.07) is 11.2. The van der Waals surface area contributed by atoms with Gasteiger partial charge in [0, 0.05) is 16.1 Å². The maximum atomic E-state index is 11.8. The summed E-state index contributed by atoms with van der Waals surface area (Å²) in [6.45, 7) is 1.37. The number of carbonyl (C=O) groups is 2. The van der Waals surface area contributed by atoms with E-state index in [1.807, 2.05) is 29.6 Å². The lowest BCUT2D eigenvalue weighted by Crippen LogP contribution is -2.27. The first-order valence-corrected chi connectivity index (χ1v) is 6.64. The van der Waals surface area contributed by atoms with Gasteiger partial charge in [0.1, 0.15) is 5.92 Å². The Bertz CT molecular complexity index is 592. The van der Waals surface area contributed by atoms with Gasteiger partial charge in [0.05, 0.1) is 0 Å². The second-order valence-corrected chi connectivity index (χ2v) is 5.02. The second-order valence-electron chi connectivity index (χ2n) is 4.07. The van der Waals surface area contributed by atoms with E-state index in [1.54, 1.807) is 23.5 Å². The van der Waals surface area contributed by atoms with Crippen LogP contribution in [-0.4, -0.2) is 17.0 Å². The number of anilines is 1. The standard InChI is InChI=1S/C14H13NO3S/c1-9(14(17)18)13(16)15-11-6-3-2-5-10(11)12-7-4-8-19-12/h2-9H,1H3,(H,15,16)(H,17,18). The highest BCUT2D eigenvalue weighted by Crippen LogP contribution is 2.31. The SMILES string of the molecule is CC(C(=O)O)C(=O)Nc1ccccc1-c1cccs1. The van der Waals surface area contributed by atoms with Gasteiger partial charge in [0.15, 0.2) is 0 Å². The number of rotatable bonds is 4. The number of hydrogen-bond donors (Lipinski definition) is 2. The number of benzene rings is 1. The van der Waals surface area contributed by atoms with Crippen molar-refractivity contribution in [1.82, 2.24) is 0 Å². The molecule has 4 nitrogen and oxygen atoms in total. The molecule has 0 aliphatic rings. The Morgan fingerprint density at radius 1 is 1.21 bits per heavy atom. The van der Waals surface area contributed by atoms with Crippen molar-refractivity contribution in [1.29, 1.82) is 0 Å². The van der Waals surface area contributed by atoms with Crippen LogP contribution in [0.4, 0.5) is 5.69 Å². The average molecular weight is 275 g/mol. The van der Waals surface area contributed by atoms with Gasteiger partial charge in [-0.2, -0.15) is 0 Å². The van der Waals surface area contributed by atoms with Crippen LogP contribution >= 0.6 is 11.3 Å². The van der Waals surface area contributed by atoms with E-state index in [-0.39, 0.29) is 0 Å². The highest BCUT2D eigenvalue weighted by Gasteiger charge is 2.21. The maximum Gasteiger partial charge on any atom is 0.315 e. The van der Waals surface area contributed by atoms with E-state index < -0.39 is 17.8 Å². The summed E-state index contributed by atoms with van der Waals surface area (Å²) in [4.78, 5) is 23.6. The lowest BCUT2D eigenvalue weighted by Gasteiger charge is -2.11. The fraction of sp³-hybridized carbons (Fsp3) is 0.143. The first kappa shape index (κ1) is 13.3. The first-order chi connectivity index (χ1) is 9.09. The third-order valence-corrected chi connectivity index (χ3v) is 3.64. The highest BCUT2D eigenvalue weighted by atomic mass is 32.1. The number of carboxylic acids is 1. The van der Waals surface area contributed by atoms with Gasteiger partial charge in [-0.3, -0.25) is 9.59 Å². The third-order valence-electron chi connectivity index (χ3n) is 2.74. The monoisotopic (exact) mass is 275 g/mol. The number of amides is 1. The van der Waals surface area contributed by atoms with E-state index in [0.29, 0.717) is 5.69 Å². The predicted molar refractivity (Wildman–Crippen MR) is 75.2 cm³/mol. The third kappa shape index (κ3) is 3.00. The van der Waals surface area contributed by atoms with E-state index >= 15 is 0 Å². The van der Waals surface area contributed by atoms with Crippen molar-refractivity contribution in [2.75, 3.05) is 5.32 Å². The molecule has 2 N–H and O–H groups in total. The quantitative estimate of drug-likeness (QED) is 0.843. The smallest absolute Gasteiger partial charge is 0.315 e. The van der Waals surface area contributed by atoms with Crippen molar-refractivity contribution < 1.29 is 14.7 Å². The first-order valence-electron chi connectivity index (χ1n) is 5.76. The van der Waals surface area contributed by atoms with Crippen molar-refractivity contribution in [3.05, 3.63) is 41.8 Å². The minimum Gasteiger partial charge on any atom is -0.481 e. The molecule has 98 valence electrons. The summed E-state index contributed by atoms with van der Waals surface area (Å²) < 4.78 is 0. The molecule has 1 amide bonds. The van der Waals surface area contributed by atoms with Gasteiger partial charge in [-0.25, -0.2) is 0 Å². The van der Waals surface area contributed by atoms with Crippen LogP contribution in [0.2, 0.25) is 0 Å². The van der Waals surface area contributed by atoms with Gasteiger partial charge in [0.2, 0.25) is 5.91 Å². The van der Waals surface area contributed by atoms with Crippen LogP contribution in [0.3, 0.4) is 0 Å². The molecule has 2 rings (SSSR count). The summed E-state index contributed by atoms with van der Waals surface area (Å²) in [5.41, 5.74) is 1.52. The molecule has 1 unspecified atom stereocenters. The minimum absolute atomic E-state index is 0.517. The van der Waals surface area contributed by atoms with Gasteiger partial charge in [-0.05, 0) is 24.4 Å². The summed E-state index contributed by atoms with van der Waals surface area (Å²) >= 11 is 1.56. The zero-order chi connectivity index (χ0) is 13.8. The molecule has 1 atom stereocenters. The van der Waals surface area contributed by atoms with E-state index in [0.717, 1.165) is 10.4 Å². The molecule has 0 radical (unpaired) electrons. The molecule has 2 aromatic rings. The minimum atomic E-state index is -1.13. The largest absolute Gasteiger partial charge is 0.481 e. The molecular formula is C14H13NO3S. The molecule has 0 bridgehead atoms. The molecule has 0 fully saturated rings. The van der Waals surface area contributed by atoms with Crippen molar-refractivity contribution >= 4 is 28.9 Å². The number of nitrogens with one attached hydrogen (secondary N) is 1. The summed E-state index contributed by atoms with van der Waals surface area (Å²) in [5, 5.41) is 13.4. The lowest BCUT2D eigenvalue weighted by atomic mass is 10.1. The van der Waals surface area contributed by atoms with Crippen LogP contribution in [0.25, 0.3) is 10.4 Å². The van der Waals surface area contributed by atoms with Crippen molar-refractivity contribution in [2.24, 2.45) is 5.92 Å². The summed E-state index contributed by atoms with van der Waals surface area (Å²) in [6.07, 6.45) is 0. The number of aliphatic carboxylic acids is 1. The topological polar surface area (TPSA) is 66.4 Å². The van der Waals surface area contributed by atoms with Gasteiger partial charge < -0.3 is 10.4 Å². The van der Waals surface area contributed by atoms with E-state index in [2.05, 4.69) is 5.32 Å². The van der Waals surface area contributed by atoms with E-state index in [1.165, 1.54) is 6.92 Å². The van der Waals surface area contributed by atoms with Gasteiger partial charge in [-0.1, -0.05) is 24.3 Å². The lowest BCUT2D eigenvalue weighted by molar-refractivity contribution is -0.144. The Balaban J connectivity index is 2.27. The van der Waals surface area contributed by atoms with Gasteiger partial charge >= 0.3 is 5.97 Å². The van der Waals surface area contributed by atoms with Crippen LogP contribution in [0.5, 0.6) is 0 Å². The normalized spacial score (nSPS) is 11.8. The zero-order valence-corrected chi connectivity index (χ0v) is 11.1. The Morgan fingerprint density at radius 2 is 1.95 bits per heavy atom. The highest BCUT2D eigenvalue weighted by molar-refractivity contribution is 7.13. The maximum absolute atomic E-state index is 11.8. The Morgan fingerprint density at radius 3 is 2.58 bits per heavy atom. The molecule has 0 aliphatic carbocycles. The molecule has 1 heterocycles. The van der Waals surface area contributed by atoms with Crippen LogP contribution in [0, 0.1) is 5.92 Å². The molecule has 5 heteroatoms. The van der Waals surface area contributed by atoms with E-state index in [4.69, 9.17) is 5.11 Å². The molecule has 1 aromatic heterocycles. The summed E-state index contributed by atoms with van der Waals surface area (Å²) in [7, 11) is 0.